The molecule has 0 spiro atoms. The highest BCUT2D eigenvalue weighted by molar-refractivity contribution is 6.30. The van der Waals surface area contributed by atoms with Gasteiger partial charge in [0.2, 0.25) is 23.5 Å². The molecule has 2 amide bonds. The Balaban J connectivity index is 1.25. The second-order valence-electron chi connectivity index (χ2n) is 7.82. The number of carbonyl (C=O) groups excluding carboxylic acids is 2. The summed E-state index contributed by atoms with van der Waals surface area (Å²) in [7, 11) is 0. The highest BCUT2D eigenvalue weighted by Crippen LogP contribution is 2.23. The summed E-state index contributed by atoms with van der Waals surface area (Å²) in [6, 6.07) is 14.4. The topological polar surface area (TPSA) is 100 Å². The van der Waals surface area contributed by atoms with Crippen molar-refractivity contribution in [3.05, 3.63) is 59.4 Å². The molecule has 2 N–H and O–H groups in total. The third-order valence-corrected chi connectivity index (χ3v) is 5.61. The number of rotatable bonds is 6. The van der Waals surface area contributed by atoms with Crippen molar-refractivity contribution < 1.29 is 14.1 Å². The van der Waals surface area contributed by atoms with Crippen molar-refractivity contribution >= 4 is 34.8 Å². The number of amides is 2. The monoisotopic (exact) mass is 453 g/mol. The minimum atomic E-state index is -0.129. The molecule has 1 saturated heterocycles. The maximum atomic E-state index is 12.6. The number of halogens is 1. The van der Waals surface area contributed by atoms with Gasteiger partial charge in [-0.05, 0) is 74.5 Å². The molecule has 1 aliphatic heterocycles. The molecule has 3 aromatic rings. The van der Waals surface area contributed by atoms with Crippen LogP contribution >= 0.6 is 11.6 Å². The number of benzene rings is 2. The first kappa shape index (κ1) is 22.0. The van der Waals surface area contributed by atoms with E-state index >= 15 is 0 Å². The standard InChI is InChI=1S/C23H24ClN5O3/c1-15(30)25-19-6-8-20(9-7-19)26-23(31)17-10-12-29(13-11-17)14-21-27-22(28-32-21)16-2-4-18(24)5-3-16/h2-9,17H,10-14H2,1H3,(H,25,30)(H,26,31). The summed E-state index contributed by atoms with van der Waals surface area (Å²) in [5.74, 6) is 0.927. The maximum absolute atomic E-state index is 12.6. The van der Waals surface area contributed by atoms with Crippen LogP contribution in [-0.2, 0) is 16.1 Å². The Morgan fingerprint density at radius 2 is 1.66 bits per heavy atom. The van der Waals surface area contributed by atoms with Crippen LogP contribution in [0.2, 0.25) is 5.02 Å². The molecule has 8 nitrogen and oxygen atoms in total. The molecule has 0 bridgehead atoms. The molecule has 1 aliphatic rings. The molecular formula is C23H24ClN5O3. The van der Waals surface area contributed by atoms with Crippen molar-refractivity contribution in [3.8, 4) is 11.4 Å². The number of piperidine rings is 1. The van der Waals surface area contributed by atoms with Crippen LogP contribution in [0.15, 0.2) is 53.1 Å². The van der Waals surface area contributed by atoms with E-state index in [1.807, 2.05) is 12.1 Å². The van der Waals surface area contributed by atoms with Gasteiger partial charge in [-0.25, -0.2) is 0 Å². The molecule has 4 rings (SSSR count). The van der Waals surface area contributed by atoms with Crippen LogP contribution in [0.5, 0.6) is 0 Å². The van der Waals surface area contributed by atoms with Gasteiger partial charge in [-0.3, -0.25) is 14.5 Å². The predicted molar refractivity (Wildman–Crippen MR) is 122 cm³/mol. The first-order chi connectivity index (χ1) is 15.5. The lowest BCUT2D eigenvalue weighted by molar-refractivity contribution is -0.121. The molecule has 0 unspecified atom stereocenters. The number of likely N-dealkylation sites (tertiary alicyclic amines) is 1. The van der Waals surface area contributed by atoms with Gasteiger partial charge in [-0.15, -0.1) is 0 Å². The van der Waals surface area contributed by atoms with Gasteiger partial charge in [0.15, 0.2) is 0 Å². The average molecular weight is 454 g/mol. The quantitative estimate of drug-likeness (QED) is 0.580. The van der Waals surface area contributed by atoms with Crippen molar-refractivity contribution in [3.63, 3.8) is 0 Å². The smallest absolute Gasteiger partial charge is 0.241 e. The first-order valence-electron chi connectivity index (χ1n) is 10.5. The van der Waals surface area contributed by atoms with Crippen LogP contribution < -0.4 is 10.6 Å². The molecule has 0 saturated carbocycles. The summed E-state index contributed by atoms with van der Waals surface area (Å²) >= 11 is 5.92. The Labute approximate surface area is 190 Å². The third-order valence-electron chi connectivity index (χ3n) is 5.36. The molecule has 0 radical (unpaired) electrons. The van der Waals surface area contributed by atoms with E-state index in [0.29, 0.717) is 34.7 Å². The lowest BCUT2D eigenvalue weighted by atomic mass is 9.96. The number of nitrogens with one attached hydrogen (secondary N) is 2. The largest absolute Gasteiger partial charge is 0.338 e. The lowest BCUT2D eigenvalue weighted by Gasteiger charge is -2.30. The Bertz CT molecular complexity index is 1070. The van der Waals surface area contributed by atoms with Crippen molar-refractivity contribution in [1.29, 1.82) is 0 Å². The van der Waals surface area contributed by atoms with E-state index in [2.05, 4.69) is 25.7 Å². The van der Waals surface area contributed by atoms with Gasteiger partial charge in [0, 0.05) is 34.8 Å². The van der Waals surface area contributed by atoms with Crippen molar-refractivity contribution in [2.75, 3.05) is 23.7 Å². The van der Waals surface area contributed by atoms with Crippen LogP contribution in [0, 0.1) is 5.92 Å². The molecule has 9 heteroatoms. The number of aromatic nitrogens is 2. The second-order valence-corrected chi connectivity index (χ2v) is 8.25. The van der Waals surface area contributed by atoms with Gasteiger partial charge in [0.05, 0.1) is 6.54 Å². The Kier molecular flexibility index (Phi) is 6.82. The maximum Gasteiger partial charge on any atom is 0.241 e. The van der Waals surface area contributed by atoms with E-state index in [1.165, 1.54) is 6.92 Å². The van der Waals surface area contributed by atoms with Gasteiger partial charge >= 0.3 is 0 Å². The van der Waals surface area contributed by atoms with Gasteiger partial charge < -0.3 is 15.2 Å². The molecule has 32 heavy (non-hydrogen) atoms. The fourth-order valence-corrected chi connectivity index (χ4v) is 3.79. The number of hydrogen-bond donors (Lipinski definition) is 2. The highest BCUT2D eigenvalue weighted by Gasteiger charge is 2.26. The van der Waals surface area contributed by atoms with E-state index in [-0.39, 0.29) is 17.7 Å². The van der Waals surface area contributed by atoms with Crippen LogP contribution in [0.25, 0.3) is 11.4 Å². The number of hydrogen-bond acceptors (Lipinski definition) is 6. The predicted octanol–water partition coefficient (Wildman–Crippen LogP) is 4.20. The van der Waals surface area contributed by atoms with E-state index in [9.17, 15) is 9.59 Å². The van der Waals surface area contributed by atoms with Crippen LogP contribution in [-0.4, -0.2) is 39.9 Å². The van der Waals surface area contributed by atoms with Crippen molar-refractivity contribution in [1.82, 2.24) is 15.0 Å². The zero-order valence-corrected chi connectivity index (χ0v) is 18.4. The molecule has 1 fully saturated rings. The van der Waals surface area contributed by atoms with Gasteiger partial charge in [0.25, 0.3) is 0 Å². The molecule has 2 heterocycles. The zero-order chi connectivity index (χ0) is 22.5. The van der Waals surface area contributed by atoms with Crippen LogP contribution in [0.4, 0.5) is 11.4 Å². The fraction of sp³-hybridized carbons (Fsp3) is 0.304. The Morgan fingerprint density at radius 3 is 2.28 bits per heavy atom. The Morgan fingerprint density at radius 1 is 1.03 bits per heavy atom. The van der Waals surface area contributed by atoms with Crippen molar-refractivity contribution in [2.24, 2.45) is 5.92 Å². The van der Waals surface area contributed by atoms with Crippen LogP contribution in [0.1, 0.15) is 25.7 Å². The van der Waals surface area contributed by atoms with E-state index in [4.69, 9.17) is 16.1 Å². The summed E-state index contributed by atoms with van der Waals surface area (Å²) in [6.07, 6.45) is 1.52. The average Bonchev–Trinajstić information content (AvgIpc) is 3.24. The van der Waals surface area contributed by atoms with E-state index in [0.717, 1.165) is 31.5 Å². The summed E-state index contributed by atoms with van der Waals surface area (Å²) < 4.78 is 5.40. The van der Waals surface area contributed by atoms with E-state index in [1.54, 1.807) is 36.4 Å². The van der Waals surface area contributed by atoms with Gasteiger partial charge in [-0.2, -0.15) is 4.98 Å². The molecule has 166 valence electrons. The lowest BCUT2D eigenvalue weighted by Crippen LogP contribution is -2.37. The molecule has 2 aromatic carbocycles. The van der Waals surface area contributed by atoms with E-state index < -0.39 is 0 Å². The second kappa shape index (κ2) is 9.93. The summed E-state index contributed by atoms with van der Waals surface area (Å²) in [5.41, 5.74) is 2.26. The van der Waals surface area contributed by atoms with Crippen molar-refractivity contribution in [2.45, 2.75) is 26.3 Å². The van der Waals surface area contributed by atoms with Gasteiger partial charge in [0.1, 0.15) is 0 Å². The first-order valence-corrected chi connectivity index (χ1v) is 10.8. The number of carbonyl (C=O) groups is 2. The third kappa shape index (κ3) is 5.72. The summed E-state index contributed by atoms with van der Waals surface area (Å²) in [5, 5.41) is 10.4. The highest BCUT2D eigenvalue weighted by atomic mass is 35.5. The SMILES string of the molecule is CC(=O)Nc1ccc(NC(=O)C2CCN(Cc3nc(-c4ccc(Cl)cc4)no3)CC2)cc1. The minimum absolute atomic E-state index is 0.0137. The summed E-state index contributed by atoms with van der Waals surface area (Å²) in [6.45, 7) is 3.56. The molecule has 0 atom stereocenters. The number of nitrogens with zero attached hydrogens (tertiary/aromatic N) is 3. The minimum Gasteiger partial charge on any atom is -0.338 e. The number of anilines is 2. The molecule has 0 aliphatic carbocycles. The molecule has 1 aromatic heterocycles. The molecular weight excluding hydrogens is 430 g/mol. The zero-order valence-electron chi connectivity index (χ0n) is 17.7. The normalized spacial score (nSPS) is 14.8. The van der Waals surface area contributed by atoms with Gasteiger partial charge in [-0.1, -0.05) is 16.8 Å². The van der Waals surface area contributed by atoms with Crippen LogP contribution in [0.3, 0.4) is 0 Å². The fourth-order valence-electron chi connectivity index (χ4n) is 3.66. The Hall–Kier alpha value is -3.23. The summed E-state index contributed by atoms with van der Waals surface area (Å²) in [4.78, 5) is 30.4.